The van der Waals surface area contributed by atoms with Crippen molar-refractivity contribution in [1.82, 2.24) is 0 Å². The van der Waals surface area contributed by atoms with E-state index < -0.39 is 44.0 Å². The van der Waals surface area contributed by atoms with Crippen molar-refractivity contribution in [3.8, 4) is 11.5 Å². The van der Waals surface area contributed by atoms with E-state index in [0.29, 0.717) is 0 Å². The third-order valence-electron chi connectivity index (χ3n) is 2.68. The van der Waals surface area contributed by atoms with Gasteiger partial charge in [0.2, 0.25) is 17.4 Å². The van der Waals surface area contributed by atoms with E-state index in [4.69, 9.17) is 9.29 Å². The van der Waals surface area contributed by atoms with Crippen molar-refractivity contribution in [2.45, 2.75) is 11.8 Å². The van der Waals surface area contributed by atoms with Crippen LogP contribution in [0.2, 0.25) is 0 Å². The second kappa shape index (κ2) is 5.58. The van der Waals surface area contributed by atoms with Crippen molar-refractivity contribution in [3.63, 3.8) is 0 Å². The van der Waals surface area contributed by atoms with Crippen LogP contribution in [-0.4, -0.2) is 13.0 Å². The van der Waals surface area contributed by atoms with Crippen LogP contribution in [-0.2, 0) is 10.1 Å². The zero-order valence-electron chi connectivity index (χ0n) is 10.9. The maximum atomic E-state index is 13.7. The average molecular weight is 336 g/mol. The molecular weight excluding hydrogens is 328 g/mol. The highest BCUT2D eigenvalue weighted by molar-refractivity contribution is 7.85. The van der Waals surface area contributed by atoms with Gasteiger partial charge in [-0.1, -0.05) is 17.7 Å². The SMILES string of the molecule is Cc1ccc(Oc2c(F)c(F)c(S(=O)(=O)O)c(F)c2F)cc1. The van der Waals surface area contributed by atoms with Crippen molar-refractivity contribution in [2.24, 2.45) is 0 Å². The molecule has 2 aromatic carbocycles. The van der Waals surface area contributed by atoms with E-state index in [9.17, 15) is 26.0 Å². The third kappa shape index (κ3) is 2.90. The van der Waals surface area contributed by atoms with Crippen molar-refractivity contribution >= 4 is 10.1 Å². The van der Waals surface area contributed by atoms with Crippen LogP contribution in [0.4, 0.5) is 17.6 Å². The van der Waals surface area contributed by atoms with Gasteiger partial charge in [0.25, 0.3) is 0 Å². The van der Waals surface area contributed by atoms with E-state index in [1.54, 1.807) is 6.92 Å². The highest BCUT2D eigenvalue weighted by Gasteiger charge is 2.33. The summed E-state index contributed by atoms with van der Waals surface area (Å²) in [5.41, 5.74) is 0.798. The van der Waals surface area contributed by atoms with Crippen molar-refractivity contribution in [2.75, 3.05) is 0 Å². The molecule has 118 valence electrons. The molecule has 0 radical (unpaired) electrons. The van der Waals surface area contributed by atoms with E-state index in [-0.39, 0.29) is 5.75 Å². The van der Waals surface area contributed by atoms with Crippen molar-refractivity contribution in [3.05, 3.63) is 53.1 Å². The van der Waals surface area contributed by atoms with Gasteiger partial charge in [-0.2, -0.15) is 17.2 Å². The number of rotatable bonds is 3. The summed E-state index contributed by atoms with van der Waals surface area (Å²) in [4.78, 5) is -2.11. The number of ether oxygens (including phenoxy) is 1. The molecule has 0 aliphatic heterocycles. The van der Waals surface area contributed by atoms with Crippen molar-refractivity contribution in [1.29, 1.82) is 0 Å². The Hall–Kier alpha value is -2.13. The summed E-state index contributed by atoms with van der Waals surface area (Å²) < 4.78 is 89.5. The minimum Gasteiger partial charge on any atom is -0.451 e. The summed E-state index contributed by atoms with van der Waals surface area (Å²) in [5.74, 6) is -10.3. The molecule has 9 heteroatoms. The van der Waals surface area contributed by atoms with Crippen LogP contribution in [0.5, 0.6) is 11.5 Å². The summed E-state index contributed by atoms with van der Waals surface area (Å²) in [6.45, 7) is 1.73. The number of aryl methyl sites for hydroxylation is 1. The van der Waals surface area contributed by atoms with E-state index in [2.05, 4.69) is 0 Å². The van der Waals surface area contributed by atoms with Crippen LogP contribution in [0, 0.1) is 30.2 Å². The molecule has 0 bridgehead atoms. The van der Waals surface area contributed by atoms with Crippen LogP contribution in [0.25, 0.3) is 0 Å². The van der Waals surface area contributed by atoms with Gasteiger partial charge in [0.1, 0.15) is 5.75 Å². The van der Waals surface area contributed by atoms with Gasteiger partial charge in [0, 0.05) is 0 Å². The lowest BCUT2D eigenvalue weighted by Crippen LogP contribution is -2.11. The second-order valence-electron chi connectivity index (χ2n) is 4.30. The highest BCUT2D eigenvalue weighted by atomic mass is 32.2. The van der Waals surface area contributed by atoms with Gasteiger partial charge in [-0.25, -0.2) is 8.78 Å². The molecule has 0 fully saturated rings. The van der Waals surface area contributed by atoms with Crippen LogP contribution in [0.15, 0.2) is 29.2 Å². The molecule has 0 heterocycles. The van der Waals surface area contributed by atoms with Crippen LogP contribution < -0.4 is 4.74 Å². The lowest BCUT2D eigenvalue weighted by Gasteiger charge is -2.11. The summed E-state index contributed by atoms with van der Waals surface area (Å²) >= 11 is 0. The molecule has 0 atom stereocenters. The standard InChI is InChI=1S/C13H8F4O4S/c1-6-2-4-7(5-3-6)21-12-8(14)10(16)13(22(18,19)20)11(17)9(12)15/h2-5H,1H3,(H,18,19,20). The first-order valence-corrected chi connectivity index (χ1v) is 7.15. The van der Waals surface area contributed by atoms with Gasteiger partial charge in [-0.3, -0.25) is 4.55 Å². The largest absolute Gasteiger partial charge is 0.451 e. The summed E-state index contributed by atoms with van der Waals surface area (Å²) in [6.07, 6.45) is 0. The Kier molecular flexibility index (Phi) is 4.12. The quantitative estimate of drug-likeness (QED) is 0.528. The Balaban J connectivity index is 2.61. The molecule has 0 unspecified atom stereocenters. The maximum absolute atomic E-state index is 13.7. The molecule has 0 saturated heterocycles. The molecule has 4 nitrogen and oxygen atoms in total. The molecule has 0 aromatic heterocycles. The number of halogens is 4. The molecule has 0 aliphatic rings. The van der Waals surface area contributed by atoms with Crippen LogP contribution in [0.1, 0.15) is 5.56 Å². The van der Waals surface area contributed by atoms with Gasteiger partial charge in [-0.05, 0) is 19.1 Å². The predicted octanol–water partition coefficient (Wildman–Crippen LogP) is 3.59. The Morgan fingerprint density at radius 1 is 0.909 bits per heavy atom. The number of hydrogen-bond donors (Lipinski definition) is 1. The number of hydrogen-bond acceptors (Lipinski definition) is 3. The van der Waals surface area contributed by atoms with E-state index >= 15 is 0 Å². The lowest BCUT2D eigenvalue weighted by atomic mass is 10.2. The van der Waals surface area contributed by atoms with Gasteiger partial charge in [0.15, 0.2) is 16.5 Å². The fourth-order valence-corrected chi connectivity index (χ4v) is 2.26. The van der Waals surface area contributed by atoms with Crippen molar-refractivity contribution < 1.29 is 35.3 Å². The first kappa shape index (κ1) is 16.2. The minimum absolute atomic E-state index is 0.123. The summed E-state index contributed by atoms with van der Waals surface area (Å²) in [6, 6.07) is 5.62. The molecule has 0 spiro atoms. The molecule has 0 saturated carbocycles. The third-order valence-corrected chi connectivity index (χ3v) is 3.56. The zero-order chi connectivity index (χ0) is 16.7. The first-order chi connectivity index (χ1) is 10.1. The van der Waals surface area contributed by atoms with Crippen LogP contribution in [0.3, 0.4) is 0 Å². The lowest BCUT2D eigenvalue weighted by molar-refractivity contribution is 0.346. The first-order valence-electron chi connectivity index (χ1n) is 5.71. The molecule has 2 aromatic rings. The number of benzene rings is 2. The summed E-state index contributed by atoms with van der Waals surface area (Å²) in [7, 11) is -5.49. The Bertz CT molecular complexity index is 803. The molecule has 0 aliphatic carbocycles. The second-order valence-corrected chi connectivity index (χ2v) is 5.66. The van der Waals surface area contributed by atoms with Gasteiger partial charge in [0.05, 0.1) is 0 Å². The molecule has 22 heavy (non-hydrogen) atoms. The smallest absolute Gasteiger partial charge is 0.300 e. The average Bonchev–Trinajstić information content (AvgIpc) is 2.42. The van der Waals surface area contributed by atoms with Gasteiger partial charge >= 0.3 is 10.1 Å². The minimum atomic E-state index is -5.49. The fourth-order valence-electron chi connectivity index (χ4n) is 1.63. The van der Waals surface area contributed by atoms with E-state index in [1.165, 1.54) is 24.3 Å². The normalized spacial score (nSPS) is 11.5. The maximum Gasteiger partial charge on any atom is 0.300 e. The molecule has 0 amide bonds. The Labute approximate surface area is 122 Å². The fraction of sp³-hybridized carbons (Fsp3) is 0.0769. The van der Waals surface area contributed by atoms with E-state index in [1.807, 2.05) is 0 Å². The summed E-state index contributed by atoms with van der Waals surface area (Å²) in [5, 5.41) is 0. The highest BCUT2D eigenvalue weighted by Crippen LogP contribution is 2.35. The van der Waals surface area contributed by atoms with Crippen LogP contribution >= 0.6 is 0 Å². The molecular formula is C13H8F4O4S. The topological polar surface area (TPSA) is 63.6 Å². The van der Waals surface area contributed by atoms with E-state index in [0.717, 1.165) is 5.56 Å². The molecule has 1 N–H and O–H groups in total. The predicted molar refractivity (Wildman–Crippen MR) is 67.3 cm³/mol. The van der Waals surface area contributed by atoms with Gasteiger partial charge in [-0.15, -0.1) is 0 Å². The zero-order valence-corrected chi connectivity index (χ0v) is 11.7. The van der Waals surface area contributed by atoms with Gasteiger partial charge < -0.3 is 4.74 Å². The molecule has 2 rings (SSSR count). The monoisotopic (exact) mass is 336 g/mol. The Morgan fingerprint density at radius 3 is 1.77 bits per heavy atom. The Morgan fingerprint density at radius 2 is 1.36 bits per heavy atom.